The minimum atomic E-state index is -3.65. The van der Waals surface area contributed by atoms with Gasteiger partial charge in [-0.25, -0.2) is 13.6 Å². The molecule has 1 aromatic carbocycles. The molecule has 0 radical (unpaired) electrons. The van der Waals surface area contributed by atoms with Crippen molar-refractivity contribution in [3.05, 3.63) is 29.8 Å². The van der Waals surface area contributed by atoms with E-state index in [1.54, 1.807) is 12.1 Å². The van der Waals surface area contributed by atoms with Crippen molar-refractivity contribution in [1.82, 2.24) is 5.32 Å². The van der Waals surface area contributed by atoms with Gasteiger partial charge >= 0.3 is 0 Å². The summed E-state index contributed by atoms with van der Waals surface area (Å²) in [6.07, 6.45) is 4.67. The number of aryl methyl sites for hydroxylation is 1. The SMILES string of the molecule is CC(NC(=O)CCc1ccc(S(N)(=O)=O)cc1)C1CCC1. The van der Waals surface area contributed by atoms with Crippen LogP contribution in [0.4, 0.5) is 0 Å². The van der Waals surface area contributed by atoms with Crippen molar-refractivity contribution in [2.24, 2.45) is 11.1 Å². The van der Waals surface area contributed by atoms with Gasteiger partial charge in [0, 0.05) is 12.5 Å². The molecule has 1 amide bonds. The van der Waals surface area contributed by atoms with Crippen LogP contribution in [0, 0.1) is 5.92 Å². The molecule has 6 heteroatoms. The van der Waals surface area contributed by atoms with E-state index >= 15 is 0 Å². The summed E-state index contributed by atoms with van der Waals surface area (Å²) < 4.78 is 22.3. The Morgan fingerprint density at radius 1 is 1.33 bits per heavy atom. The summed E-state index contributed by atoms with van der Waals surface area (Å²) in [6.45, 7) is 2.06. The van der Waals surface area contributed by atoms with Gasteiger partial charge in [-0.05, 0) is 49.8 Å². The zero-order valence-electron chi connectivity index (χ0n) is 12.2. The second-order valence-corrected chi connectivity index (χ2v) is 7.30. The number of hydrogen-bond acceptors (Lipinski definition) is 3. The number of nitrogens with one attached hydrogen (secondary N) is 1. The molecule has 5 nitrogen and oxygen atoms in total. The van der Waals surface area contributed by atoms with Gasteiger partial charge in [0.1, 0.15) is 0 Å². The fourth-order valence-electron chi connectivity index (χ4n) is 2.49. The molecule has 1 aromatic rings. The van der Waals surface area contributed by atoms with E-state index in [9.17, 15) is 13.2 Å². The molecule has 21 heavy (non-hydrogen) atoms. The molecule has 0 bridgehead atoms. The van der Waals surface area contributed by atoms with Crippen molar-refractivity contribution >= 4 is 15.9 Å². The topological polar surface area (TPSA) is 89.3 Å². The van der Waals surface area contributed by atoms with Crippen LogP contribution >= 0.6 is 0 Å². The van der Waals surface area contributed by atoms with Gasteiger partial charge in [0.15, 0.2) is 0 Å². The fourth-order valence-corrected chi connectivity index (χ4v) is 3.00. The van der Waals surface area contributed by atoms with Crippen molar-refractivity contribution in [2.75, 3.05) is 0 Å². The predicted octanol–water partition coefficient (Wildman–Crippen LogP) is 1.57. The number of nitrogens with two attached hydrogens (primary N) is 1. The number of hydrogen-bond donors (Lipinski definition) is 2. The second-order valence-electron chi connectivity index (χ2n) is 5.74. The number of benzene rings is 1. The molecule has 1 aliphatic rings. The van der Waals surface area contributed by atoms with Gasteiger partial charge < -0.3 is 5.32 Å². The van der Waals surface area contributed by atoms with Crippen LogP contribution in [0.3, 0.4) is 0 Å². The summed E-state index contributed by atoms with van der Waals surface area (Å²) in [6, 6.07) is 6.58. The first-order chi connectivity index (χ1) is 9.86. The number of rotatable bonds is 6. The van der Waals surface area contributed by atoms with Crippen LogP contribution in [-0.4, -0.2) is 20.4 Å². The molecule has 1 unspecified atom stereocenters. The monoisotopic (exact) mass is 310 g/mol. The Hall–Kier alpha value is -1.40. The average molecular weight is 310 g/mol. The van der Waals surface area contributed by atoms with Crippen LogP contribution in [0.5, 0.6) is 0 Å². The molecular weight excluding hydrogens is 288 g/mol. The Balaban J connectivity index is 1.81. The molecule has 2 rings (SSSR count). The molecule has 3 N–H and O–H groups in total. The summed E-state index contributed by atoms with van der Waals surface area (Å²) in [5, 5.41) is 8.07. The van der Waals surface area contributed by atoms with E-state index in [4.69, 9.17) is 5.14 Å². The maximum Gasteiger partial charge on any atom is 0.238 e. The Labute approximate surface area is 126 Å². The third kappa shape index (κ3) is 4.54. The van der Waals surface area contributed by atoms with E-state index in [1.807, 2.05) is 0 Å². The average Bonchev–Trinajstić information content (AvgIpc) is 2.33. The Morgan fingerprint density at radius 3 is 2.43 bits per heavy atom. The largest absolute Gasteiger partial charge is 0.353 e. The van der Waals surface area contributed by atoms with Crippen molar-refractivity contribution in [3.63, 3.8) is 0 Å². The number of primary sulfonamides is 1. The number of amides is 1. The van der Waals surface area contributed by atoms with Gasteiger partial charge in [-0.15, -0.1) is 0 Å². The lowest BCUT2D eigenvalue weighted by atomic mass is 9.80. The Morgan fingerprint density at radius 2 is 1.95 bits per heavy atom. The van der Waals surface area contributed by atoms with Gasteiger partial charge in [-0.2, -0.15) is 0 Å². The molecule has 0 heterocycles. The summed E-state index contributed by atoms with van der Waals surface area (Å²) >= 11 is 0. The van der Waals surface area contributed by atoms with E-state index in [1.165, 1.54) is 31.4 Å². The third-order valence-electron chi connectivity index (χ3n) is 4.14. The van der Waals surface area contributed by atoms with Crippen molar-refractivity contribution in [1.29, 1.82) is 0 Å². The smallest absolute Gasteiger partial charge is 0.238 e. The van der Waals surface area contributed by atoms with Crippen molar-refractivity contribution < 1.29 is 13.2 Å². The minimum Gasteiger partial charge on any atom is -0.353 e. The zero-order valence-corrected chi connectivity index (χ0v) is 13.0. The van der Waals surface area contributed by atoms with Crippen LogP contribution in [0.25, 0.3) is 0 Å². The third-order valence-corrected chi connectivity index (χ3v) is 5.07. The highest BCUT2D eigenvalue weighted by Crippen LogP contribution is 2.29. The minimum absolute atomic E-state index is 0.0462. The number of sulfonamides is 1. The maximum atomic E-state index is 11.9. The highest BCUT2D eigenvalue weighted by Gasteiger charge is 2.24. The lowest BCUT2D eigenvalue weighted by molar-refractivity contribution is -0.122. The van der Waals surface area contributed by atoms with Crippen LogP contribution in [0.15, 0.2) is 29.2 Å². The molecular formula is C15H22N2O3S. The Bertz CT molecular complexity index is 592. The van der Waals surface area contributed by atoms with E-state index in [0.717, 1.165) is 5.56 Å². The molecule has 0 spiro atoms. The summed E-state index contributed by atoms with van der Waals surface area (Å²) in [5.41, 5.74) is 0.925. The molecule has 1 saturated carbocycles. The molecule has 0 aliphatic heterocycles. The molecule has 1 aliphatic carbocycles. The van der Waals surface area contributed by atoms with Crippen LogP contribution in [-0.2, 0) is 21.2 Å². The van der Waals surface area contributed by atoms with Crippen LogP contribution in [0.1, 0.15) is 38.2 Å². The number of carbonyl (C=O) groups excluding carboxylic acids is 1. The van der Waals surface area contributed by atoms with E-state index in [2.05, 4.69) is 12.2 Å². The van der Waals surface area contributed by atoms with Crippen LogP contribution < -0.4 is 10.5 Å². The molecule has 0 saturated heterocycles. The van der Waals surface area contributed by atoms with Gasteiger partial charge in [-0.1, -0.05) is 18.6 Å². The van der Waals surface area contributed by atoms with Gasteiger partial charge in [0.2, 0.25) is 15.9 Å². The lowest BCUT2D eigenvalue weighted by Gasteiger charge is -2.31. The molecule has 0 aromatic heterocycles. The van der Waals surface area contributed by atoms with Crippen molar-refractivity contribution in [3.8, 4) is 0 Å². The van der Waals surface area contributed by atoms with E-state index < -0.39 is 10.0 Å². The predicted molar refractivity (Wildman–Crippen MR) is 81.1 cm³/mol. The van der Waals surface area contributed by atoms with E-state index in [-0.39, 0.29) is 16.8 Å². The number of carbonyl (C=O) groups is 1. The quantitative estimate of drug-likeness (QED) is 0.836. The second kappa shape index (κ2) is 6.58. The van der Waals surface area contributed by atoms with Crippen LogP contribution in [0.2, 0.25) is 0 Å². The first kappa shape index (κ1) is 16.0. The highest BCUT2D eigenvalue weighted by atomic mass is 32.2. The van der Waals surface area contributed by atoms with Gasteiger partial charge in [0.25, 0.3) is 0 Å². The molecule has 1 fully saturated rings. The summed E-state index contributed by atoms with van der Waals surface area (Å²) in [7, 11) is -3.65. The maximum absolute atomic E-state index is 11.9. The standard InChI is InChI=1S/C15H22N2O3S/c1-11(13-3-2-4-13)17-15(18)10-7-12-5-8-14(9-6-12)21(16,19)20/h5-6,8-9,11,13H,2-4,7,10H2,1H3,(H,17,18)(H2,16,19,20). The van der Waals surface area contributed by atoms with Crippen molar-refractivity contribution in [2.45, 2.75) is 50.0 Å². The zero-order chi connectivity index (χ0) is 15.5. The molecule has 116 valence electrons. The van der Waals surface area contributed by atoms with Gasteiger partial charge in [-0.3, -0.25) is 4.79 Å². The highest BCUT2D eigenvalue weighted by molar-refractivity contribution is 7.89. The fraction of sp³-hybridized carbons (Fsp3) is 0.533. The van der Waals surface area contributed by atoms with E-state index in [0.29, 0.717) is 18.8 Å². The lowest BCUT2D eigenvalue weighted by Crippen LogP contribution is -2.40. The summed E-state index contributed by atoms with van der Waals surface area (Å²) in [5.74, 6) is 0.674. The molecule has 1 atom stereocenters. The normalized spacial score (nSPS) is 17.0. The first-order valence-electron chi connectivity index (χ1n) is 7.27. The first-order valence-corrected chi connectivity index (χ1v) is 8.82. The van der Waals surface area contributed by atoms with Gasteiger partial charge in [0.05, 0.1) is 4.90 Å². The Kier molecular flexibility index (Phi) is 5.00. The summed E-state index contributed by atoms with van der Waals surface area (Å²) in [4.78, 5) is 12.0.